The summed E-state index contributed by atoms with van der Waals surface area (Å²) in [5, 5.41) is 0. The topological polar surface area (TPSA) is 38.0 Å². The number of halogens is 6. The van der Waals surface area contributed by atoms with Crippen LogP contribution in [0.2, 0.25) is 0 Å². The second-order valence-corrected chi connectivity index (χ2v) is 2.74. The van der Waals surface area contributed by atoms with E-state index >= 15 is 0 Å². The SMILES string of the molecule is CCC(NN)C(C(F)(F)F)C(F)(F)F. The summed E-state index contributed by atoms with van der Waals surface area (Å²) in [6, 6.07) is -1.85. The van der Waals surface area contributed by atoms with Crippen LogP contribution in [0.15, 0.2) is 0 Å². The lowest BCUT2D eigenvalue weighted by atomic mass is 9.97. The molecule has 86 valence electrons. The number of hydrogen-bond donors (Lipinski definition) is 2. The normalized spacial score (nSPS) is 16.1. The maximum absolute atomic E-state index is 12.0. The molecule has 0 saturated heterocycles. The van der Waals surface area contributed by atoms with Crippen LogP contribution in [0.1, 0.15) is 13.3 Å². The minimum absolute atomic E-state index is 0.361. The molecule has 0 amide bonds. The first-order valence-electron chi connectivity index (χ1n) is 3.74. The Bertz CT molecular complexity index is 156. The molecule has 0 aliphatic carbocycles. The van der Waals surface area contributed by atoms with Crippen LogP contribution in [0.25, 0.3) is 0 Å². The van der Waals surface area contributed by atoms with Crippen LogP contribution >= 0.6 is 0 Å². The van der Waals surface area contributed by atoms with Gasteiger partial charge in [-0.25, -0.2) is 0 Å². The summed E-state index contributed by atoms with van der Waals surface area (Å²) in [5.74, 6) is 1.20. The Morgan fingerprint density at radius 2 is 1.43 bits per heavy atom. The van der Waals surface area contributed by atoms with Gasteiger partial charge >= 0.3 is 12.4 Å². The number of alkyl halides is 6. The average molecular weight is 224 g/mol. The smallest absolute Gasteiger partial charge is 0.271 e. The number of hydrazine groups is 1. The predicted octanol–water partition coefficient (Wildman–Crippen LogP) is 1.97. The molecule has 0 rings (SSSR count). The summed E-state index contributed by atoms with van der Waals surface area (Å²) in [4.78, 5) is 0. The average Bonchev–Trinajstić information content (AvgIpc) is 1.94. The fourth-order valence-corrected chi connectivity index (χ4v) is 1.09. The van der Waals surface area contributed by atoms with Crippen LogP contribution in [0.3, 0.4) is 0 Å². The van der Waals surface area contributed by atoms with Crippen molar-refractivity contribution in [3.63, 3.8) is 0 Å². The Hall–Kier alpha value is -0.500. The highest BCUT2D eigenvalue weighted by Crippen LogP contribution is 2.41. The van der Waals surface area contributed by atoms with E-state index in [4.69, 9.17) is 0 Å². The first-order valence-corrected chi connectivity index (χ1v) is 3.74. The highest BCUT2D eigenvalue weighted by Gasteiger charge is 2.59. The minimum atomic E-state index is -5.34. The van der Waals surface area contributed by atoms with Gasteiger partial charge < -0.3 is 0 Å². The summed E-state index contributed by atoms with van der Waals surface area (Å²) >= 11 is 0. The minimum Gasteiger partial charge on any atom is -0.271 e. The molecule has 0 heterocycles. The standard InChI is InChI=1S/C6H10F6N2/c1-2-3(14-13)4(5(7,8)9)6(10,11)12/h3-4,14H,2,13H2,1H3. The fraction of sp³-hybridized carbons (Fsp3) is 1.00. The van der Waals surface area contributed by atoms with Gasteiger partial charge in [-0.1, -0.05) is 6.92 Å². The van der Waals surface area contributed by atoms with Gasteiger partial charge in [0.05, 0.1) is 0 Å². The van der Waals surface area contributed by atoms with Gasteiger partial charge in [-0.2, -0.15) is 26.3 Å². The molecular weight excluding hydrogens is 214 g/mol. The van der Waals surface area contributed by atoms with Crippen molar-refractivity contribution >= 4 is 0 Å². The largest absolute Gasteiger partial charge is 0.402 e. The van der Waals surface area contributed by atoms with E-state index in [9.17, 15) is 26.3 Å². The summed E-state index contributed by atoms with van der Waals surface area (Å²) < 4.78 is 72.1. The maximum atomic E-state index is 12.0. The molecule has 8 heteroatoms. The van der Waals surface area contributed by atoms with Crippen LogP contribution in [0, 0.1) is 5.92 Å². The van der Waals surface area contributed by atoms with Crippen molar-refractivity contribution in [1.82, 2.24) is 5.43 Å². The molecule has 0 spiro atoms. The predicted molar refractivity (Wildman–Crippen MR) is 37.0 cm³/mol. The van der Waals surface area contributed by atoms with E-state index in [2.05, 4.69) is 5.84 Å². The Balaban J connectivity index is 4.91. The summed E-state index contributed by atoms with van der Waals surface area (Å²) in [6.07, 6.45) is -11.0. The zero-order chi connectivity index (χ0) is 11.6. The lowest BCUT2D eigenvalue weighted by Crippen LogP contribution is -2.52. The van der Waals surface area contributed by atoms with Gasteiger partial charge in [-0.3, -0.25) is 11.3 Å². The molecule has 0 saturated carbocycles. The molecule has 0 bridgehead atoms. The molecule has 0 radical (unpaired) electrons. The van der Waals surface area contributed by atoms with E-state index in [0.29, 0.717) is 0 Å². The van der Waals surface area contributed by atoms with E-state index in [-0.39, 0.29) is 6.42 Å². The second-order valence-electron chi connectivity index (χ2n) is 2.74. The van der Waals surface area contributed by atoms with Crippen molar-refractivity contribution in [2.24, 2.45) is 11.8 Å². The molecule has 3 N–H and O–H groups in total. The van der Waals surface area contributed by atoms with Crippen molar-refractivity contribution in [2.75, 3.05) is 0 Å². The van der Waals surface area contributed by atoms with Gasteiger partial charge in [0, 0.05) is 6.04 Å². The zero-order valence-electron chi connectivity index (χ0n) is 7.21. The molecule has 0 aromatic heterocycles. The van der Waals surface area contributed by atoms with Crippen LogP contribution in [0.5, 0.6) is 0 Å². The zero-order valence-corrected chi connectivity index (χ0v) is 7.21. The van der Waals surface area contributed by atoms with Gasteiger partial charge in [0.15, 0.2) is 5.92 Å². The van der Waals surface area contributed by atoms with E-state index < -0.39 is 24.3 Å². The molecule has 0 aliphatic rings. The monoisotopic (exact) mass is 224 g/mol. The molecule has 14 heavy (non-hydrogen) atoms. The number of rotatable bonds is 3. The molecular formula is C6H10F6N2. The van der Waals surface area contributed by atoms with Crippen molar-refractivity contribution in [2.45, 2.75) is 31.7 Å². The van der Waals surface area contributed by atoms with Crippen LogP contribution < -0.4 is 11.3 Å². The first-order chi connectivity index (χ1) is 6.14. The highest BCUT2D eigenvalue weighted by molar-refractivity contribution is 4.85. The second kappa shape index (κ2) is 4.35. The Labute approximate surface area is 76.4 Å². The Morgan fingerprint density at radius 3 is 1.50 bits per heavy atom. The lowest BCUT2D eigenvalue weighted by molar-refractivity contribution is -0.292. The Morgan fingerprint density at radius 1 is 1.07 bits per heavy atom. The molecule has 0 aliphatic heterocycles. The van der Waals surface area contributed by atoms with Crippen LogP contribution in [-0.4, -0.2) is 18.4 Å². The third-order valence-electron chi connectivity index (χ3n) is 1.76. The van der Waals surface area contributed by atoms with E-state index in [1.165, 1.54) is 12.3 Å². The molecule has 1 atom stereocenters. The molecule has 2 nitrogen and oxygen atoms in total. The summed E-state index contributed by atoms with van der Waals surface area (Å²) in [7, 11) is 0. The third-order valence-corrected chi connectivity index (χ3v) is 1.76. The lowest BCUT2D eigenvalue weighted by Gasteiger charge is -2.29. The van der Waals surface area contributed by atoms with Crippen LogP contribution in [0.4, 0.5) is 26.3 Å². The summed E-state index contributed by atoms with van der Waals surface area (Å²) in [6.45, 7) is 1.19. The van der Waals surface area contributed by atoms with E-state index in [0.717, 1.165) is 0 Å². The van der Waals surface area contributed by atoms with Crippen molar-refractivity contribution in [1.29, 1.82) is 0 Å². The third kappa shape index (κ3) is 3.33. The summed E-state index contributed by atoms with van der Waals surface area (Å²) in [5.41, 5.74) is 1.52. The van der Waals surface area contributed by atoms with Gasteiger partial charge in [0.25, 0.3) is 0 Å². The van der Waals surface area contributed by atoms with Gasteiger partial charge in [-0.05, 0) is 6.42 Å². The van der Waals surface area contributed by atoms with Gasteiger partial charge in [-0.15, -0.1) is 0 Å². The molecule has 0 aromatic rings. The fourth-order valence-electron chi connectivity index (χ4n) is 1.09. The number of nitrogens with two attached hydrogens (primary N) is 1. The van der Waals surface area contributed by atoms with E-state index in [1.807, 2.05) is 0 Å². The highest BCUT2D eigenvalue weighted by atomic mass is 19.4. The molecule has 0 aromatic carbocycles. The van der Waals surface area contributed by atoms with Crippen molar-refractivity contribution in [3.05, 3.63) is 0 Å². The quantitative estimate of drug-likeness (QED) is 0.437. The van der Waals surface area contributed by atoms with Gasteiger partial charge in [0.2, 0.25) is 0 Å². The van der Waals surface area contributed by atoms with Crippen molar-refractivity contribution in [3.8, 4) is 0 Å². The van der Waals surface area contributed by atoms with Gasteiger partial charge in [0.1, 0.15) is 0 Å². The maximum Gasteiger partial charge on any atom is 0.402 e. The molecule has 1 unspecified atom stereocenters. The first kappa shape index (κ1) is 13.5. The number of hydrogen-bond acceptors (Lipinski definition) is 2. The number of nitrogens with one attached hydrogen (secondary N) is 1. The molecule has 0 fully saturated rings. The Kier molecular flexibility index (Phi) is 4.19. The van der Waals surface area contributed by atoms with Crippen LogP contribution in [-0.2, 0) is 0 Å². The van der Waals surface area contributed by atoms with Crippen molar-refractivity contribution < 1.29 is 26.3 Å². The van der Waals surface area contributed by atoms with E-state index in [1.54, 1.807) is 0 Å².